The Hall–Kier alpha value is -3.28. The fraction of sp³-hybridized carbons (Fsp3) is 0. The highest BCUT2D eigenvalue weighted by molar-refractivity contribution is 6.02. The molecule has 1 amide bonds. The Labute approximate surface area is 132 Å². The van der Waals surface area contributed by atoms with E-state index in [0.717, 1.165) is 5.69 Å². The molecule has 114 valence electrons. The van der Waals surface area contributed by atoms with Crippen molar-refractivity contribution in [1.29, 1.82) is 0 Å². The number of rotatable bonds is 4. The van der Waals surface area contributed by atoms with Crippen LogP contribution in [-0.4, -0.2) is 16.1 Å². The maximum absolute atomic E-state index is 13.5. The number of nitrogens with zero attached hydrogens (tertiary/aromatic N) is 2. The lowest BCUT2D eigenvalue weighted by Crippen LogP contribution is -2.15. The van der Waals surface area contributed by atoms with E-state index < -0.39 is 11.7 Å². The van der Waals surface area contributed by atoms with E-state index in [1.807, 2.05) is 30.3 Å². The average molecular weight is 308 g/mol. The van der Waals surface area contributed by atoms with Crippen molar-refractivity contribution in [2.75, 3.05) is 10.6 Å². The van der Waals surface area contributed by atoms with Gasteiger partial charge in [-0.15, -0.1) is 10.2 Å². The van der Waals surface area contributed by atoms with Crippen molar-refractivity contribution in [3.8, 4) is 0 Å². The van der Waals surface area contributed by atoms with Crippen molar-refractivity contribution < 1.29 is 9.18 Å². The molecule has 2 aromatic carbocycles. The fourth-order valence-corrected chi connectivity index (χ4v) is 1.94. The molecule has 0 radical (unpaired) electrons. The first kappa shape index (κ1) is 14.6. The average Bonchev–Trinajstić information content (AvgIpc) is 2.58. The highest BCUT2D eigenvalue weighted by Gasteiger charge is 2.11. The summed E-state index contributed by atoms with van der Waals surface area (Å²) in [4.78, 5) is 12.0. The number of carbonyl (C=O) groups is 1. The van der Waals surface area contributed by atoms with Gasteiger partial charge in [0.15, 0.2) is 11.5 Å². The van der Waals surface area contributed by atoms with Crippen LogP contribution in [0.2, 0.25) is 0 Å². The summed E-state index contributed by atoms with van der Waals surface area (Å²) >= 11 is 0. The molecule has 0 aliphatic rings. The molecule has 0 fully saturated rings. The van der Waals surface area contributed by atoms with Crippen LogP contribution in [0, 0.1) is 5.82 Å². The highest BCUT2D eigenvalue weighted by Crippen LogP contribution is 2.15. The summed E-state index contributed by atoms with van der Waals surface area (Å²) in [5.74, 6) is -0.510. The summed E-state index contributed by atoms with van der Waals surface area (Å²) in [6.45, 7) is 0. The van der Waals surface area contributed by atoms with Crippen LogP contribution in [0.15, 0.2) is 66.7 Å². The van der Waals surface area contributed by atoms with Crippen molar-refractivity contribution in [3.05, 3.63) is 78.2 Å². The second kappa shape index (κ2) is 6.65. The number of nitrogens with one attached hydrogen (secondary N) is 2. The number of hydrogen-bond acceptors (Lipinski definition) is 4. The number of para-hydroxylation sites is 2. The molecule has 0 saturated carbocycles. The molecule has 0 atom stereocenters. The molecular weight excluding hydrogens is 295 g/mol. The molecule has 0 unspecified atom stereocenters. The molecule has 0 saturated heterocycles. The molecule has 2 N–H and O–H groups in total. The topological polar surface area (TPSA) is 66.9 Å². The first-order valence-electron chi connectivity index (χ1n) is 6.94. The van der Waals surface area contributed by atoms with E-state index in [1.54, 1.807) is 18.2 Å². The van der Waals surface area contributed by atoms with Crippen molar-refractivity contribution in [1.82, 2.24) is 10.2 Å². The van der Waals surface area contributed by atoms with E-state index in [0.29, 0.717) is 5.82 Å². The lowest BCUT2D eigenvalue weighted by atomic mass is 10.3. The van der Waals surface area contributed by atoms with Crippen molar-refractivity contribution >= 4 is 23.1 Å². The van der Waals surface area contributed by atoms with Gasteiger partial charge in [-0.2, -0.15) is 0 Å². The monoisotopic (exact) mass is 308 g/mol. The largest absolute Gasteiger partial charge is 0.339 e. The van der Waals surface area contributed by atoms with Crippen LogP contribution in [0.3, 0.4) is 0 Å². The minimum Gasteiger partial charge on any atom is -0.339 e. The van der Waals surface area contributed by atoms with Crippen LogP contribution >= 0.6 is 0 Å². The Kier molecular flexibility index (Phi) is 4.24. The maximum atomic E-state index is 13.5. The zero-order valence-electron chi connectivity index (χ0n) is 12.0. The SMILES string of the molecule is O=C(Nc1ccccc1F)c1ccc(Nc2ccccc2)nn1. The Balaban J connectivity index is 1.69. The molecule has 1 aromatic heterocycles. The van der Waals surface area contributed by atoms with E-state index in [4.69, 9.17) is 0 Å². The minimum absolute atomic E-state index is 0.103. The van der Waals surface area contributed by atoms with E-state index >= 15 is 0 Å². The van der Waals surface area contributed by atoms with Crippen LogP contribution in [0.1, 0.15) is 10.5 Å². The zero-order valence-corrected chi connectivity index (χ0v) is 12.0. The summed E-state index contributed by atoms with van der Waals surface area (Å²) in [5, 5.41) is 13.3. The molecule has 1 heterocycles. The van der Waals surface area contributed by atoms with Gasteiger partial charge >= 0.3 is 0 Å². The van der Waals surface area contributed by atoms with E-state index in [2.05, 4.69) is 20.8 Å². The van der Waals surface area contributed by atoms with Gasteiger partial charge < -0.3 is 10.6 Å². The maximum Gasteiger partial charge on any atom is 0.276 e. The Morgan fingerprint density at radius 2 is 1.61 bits per heavy atom. The third-order valence-electron chi connectivity index (χ3n) is 3.07. The van der Waals surface area contributed by atoms with E-state index in [9.17, 15) is 9.18 Å². The van der Waals surface area contributed by atoms with Gasteiger partial charge in [-0.3, -0.25) is 4.79 Å². The zero-order chi connectivity index (χ0) is 16.1. The Bertz CT molecular complexity index is 806. The number of anilines is 3. The number of benzene rings is 2. The second-order valence-electron chi connectivity index (χ2n) is 4.73. The van der Waals surface area contributed by atoms with Gasteiger partial charge in [-0.25, -0.2) is 4.39 Å². The quantitative estimate of drug-likeness (QED) is 0.772. The first-order chi connectivity index (χ1) is 11.2. The minimum atomic E-state index is -0.520. The fourth-order valence-electron chi connectivity index (χ4n) is 1.94. The normalized spacial score (nSPS) is 10.1. The van der Waals surface area contributed by atoms with E-state index in [1.165, 1.54) is 18.2 Å². The number of aromatic nitrogens is 2. The van der Waals surface area contributed by atoms with Crippen LogP contribution in [0.4, 0.5) is 21.6 Å². The molecule has 0 spiro atoms. The summed E-state index contributed by atoms with van der Waals surface area (Å²) in [6, 6.07) is 18.6. The molecule has 5 nitrogen and oxygen atoms in total. The number of hydrogen-bond donors (Lipinski definition) is 2. The highest BCUT2D eigenvalue weighted by atomic mass is 19.1. The molecule has 0 aliphatic carbocycles. The van der Waals surface area contributed by atoms with Gasteiger partial charge in [0, 0.05) is 5.69 Å². The van der Waals surface area contributed by atoms with Crippen LogP contribution in [-0.2, 0) is 0 Å². The molecular formula is C17H13FN4O. The predicted octanol–water partition coefficient (Wildman–Crippen LogP) is 3.61. The van der Waals surface area contributed by atoms with Gasteiger partial charge in [-0.1, -0.05) is 30.3 Å². The van der Waals surface area contributed by atoms with Gasteiger partial charge in [0.05, 0.1) is 5.69 Å². The van der Waals surface area contributed by atoms with Gasteiger partial charge in [0.25, 0.3) is 5.91 Å². The van der Waals surface area contributed by atoms with E-state index in [-0.39, 0.29) is 11.4 Å². The third kappa shape index (κ3) is 3.68. The Morgan fingerprint density at radius 3 is 2.30 bits per heavy atom. The van der Waals surface area contributed by atoms with Crippen molar-refractivity contribution in [2.24, 2.45) is 0 Å². The van der Waals surface area contributed by atoms with Gasteiger partial charge in [-0.05, 0) is 36.4 Å². The second-order valence-corrected chi connectivity index (χ2v) is 4.73. The van der Waals surface area contributed by atoms with Crippen LogP contribution < -0.4 is 10.6 Å². The molecule has 3 rings (SSSR count). The third-order valence-corrected chi connectivity index (χ3v) is 3.07. The summed E-state index contributed by atoms with van der Waals surface area (Å²) in [7, 11) is 0. The number of halogens is 1. The predicted molar refractivity (Wildman–Crippen MR) is 86.1 cm³/mol. The molecule has 0 aliphatic heterocycles. The standard InChI is InChI=1S/C17H13FN4O/c18-13-8-4-5-9-14(13)20-17(23)15-10-11-16(22-21-15)19-12-6-2-1-3-7-12/h1-11H,(H,19,22)(H,20,23). The van der Waals surface area contributed by atoms with Crippen molar-refractivity contribution in [3.63, 3.8) is 0 Å². The number of amides is 1. The number of carbonyl (C=O) groups excluding carboxylic acids is 1. The Morgan fingerprint density at radius 1 is 0.870 bits per heavy atom. The van der Waals surface area contributed by atoms with Crippen LogP contribution in [0.5, 0.6) is 0 Å². The first-order valence-corrected chi connectivity index (χ1v) is 6.94. The van der Waals surface area contributed by atoms with Gasteiger partial charge in [0.1, 0.15) is 5.82 Å². The molecule has 0 bridgehead atoms. The molecule has 6 heteroatoms. The van der Waals surface area contributed by atoms with Crippen molar-refractivity contribution in [2.45, 2.75) is 0 Å². The van der Waals surface area contributed by atoms with Crippen LogP contribution in [0.25, 0.3) is 0 Å². The van der Waals surface area contributed by atoms with Gasteiger partial charge in [0.2, 0.25) is 0 Å². The summed E-state index contributed by atoms with van der Waals surface area (Å²) < 4.78 is 13.5. The smallest absolute Gasteiger partial charge is 0.276 e. The lowest BCUT2D eigenvalue weighted by molar-refractivity contribution is 0.102. The summed E-state index contributed by atoms with van der Waals surface area (Å²) in [6.07, 6.45) is 0. The lowest BCUT2D eigenvalue weighted by Gasteiger charge is -2.07. The molecule has 23 heavy (non-hydrogen) atoms. The molecule has 3 aromatic rings. The summed E-state index contributed by atoms with van der Waals surface area (Å²) in [5.41, 5.74) is 1.07.